The summed E-state index contributed by atoms with van der Waals surface area (Å²) >= 11 is 0. The average molecular weight is 145 g/mol. The third-order valence-corrected chi connectivity index (χ3v) is 2.02. The van der Waals surface area contributed by atoms with E-state index in [1.165, 1.54) is 0 Å². The van der Waals surface area contributed by atoms with Crippen molar-refractivity contribution in [1.82, 2.24) is 0 Å². The number of rotatable bonds is 4. The molecule has 0 fully saturated rings. The molecule has 10 heavy (non-hydrogen) atoms. The summed E-state index contributed by atoms with van der Waals surface area (Å²) in [4.78, 5) is 0. The smallest absolute Gasteiger partial charge is 0.0772 e. The zero-order chi connectivity index (χ0) is 8.20. The highest BCUT2D eigenvalue weighted by atomic mass is 16.5. The fourth-order valence-corrected chi connectivity index (χ4v) is 0.810. The zero-order valence-electron chi connectivity index (χ0n) is 7.48. The van der Waals surface area contributed by atoms with E-state index in [0.29, 0.717) is 0 Å². The van der Waals surface area contributed by atoms with E-state index in [0.717, 1.165) is 12.8 Å². The first-order chi connectivity index (χ1) is 4.54. The highest BCUT2D eigenvalue weighted by Gasteiger charge is 2.24. The highest BCUT2D eigenvalue weighted by molar-refractivity contribution is 4.81. The minimum Gasteiger partial charge on any atom is -0.377 e. The molecule has 2 heteroatoms. The van der Waals surface area contributed by atoms with Gasteiger partial charge in [-0.3, -0.25) is 0 Å². The Labute approximate surface area is 63.7 Å². The summed E-state index contributed by atoms with van der Waals surface area (Å²) in [6.07, 6.45) is 2.15. The summed E-state index contributed by atoms with van der Waals surface area (Å²) in [5.41, 5.74) is 5.68. The van der Waals surface area contributed by atoms with Gasteiger partial charge in [-0.2, -0.15) is 0 Å². The molecule has 0 saturated heterocycles. The number of methoxy groups -OCH3 is 1. The predicted molar refractivity (Wildman–Crippen MR) is 44.0 cm³/mol. The topological polar surface area (TPSA) is 35.2 Å². The molecule has 2 N–H and O–H groups in total. The normalized spacial score (nSPS) is 15.3. The van der Waals surface area contributed by atoms with Crippen molar-refractivity contribution in [2.24, 2.45) is 5.73 Å². The van der Waals surface area contributed by atoms with Crippen LogP contribution in [0.5, 0.6) is 0 Å². The van der Waals surface area contributed by atoms with Gasteiger partial charge in [0.15, 0.2) is 0 Å². The molecule has 2 nitrogen and oxygen atoms in total. The maximum Gasteiger partial charge on any atom is 0.0772 e. The fraction of sp³-hybridized carbons (Fsp3) is 1.00. The van der Waals surface area contributed by atoms with Crippen LogP contribution in [0.4, 0.5) is 0 Å². The van der Waals surface area contributed by atoms with E-state index in [9.17, 15) is 0 Å². The van der Waals surface area contributed by atoms with Crippen LogP contribution in [0.15, 0.2) is 0 Å². The Hall–Kier alpha value is -0.0800. The Bertz CT molecular complexity index is 91.3. The summed E-state index contributed by atoms with van der Waals surface area (Å²) in [6.45, 7) is 6.17. The van der Waals surface area contributed by atoms with Gasteiger partial charge in [-0.15, -0.1) is 0 Å². The van der Waals surface area contributed by atoms with Crippen molar-refractivity contribution in [3.63, 3.8) is 0 Å². The molecule has 0 rings (SSSR count). The Morgan fingerprint density at radius 3 is 2.30 bits per heavy atom. The van der Waals surface area contributed by atoms with Crippen molar-refractivity contribution in [1.29, 1.82) is 0 Å². The third-order valence-electron chi connectivity index (χ3n) is 2.02. The van der Waals surface area contributed by atoms with E-state index < -0.39 is 0 Å². The quantitative estimate of drug-likeness (QED) is 0.651. The van der Waals surface area contributed by atoms with E-state index in [4.69, 9.17) is 10.5 Å². The van der Waals surface area contributed by atoms with Crippen LogP contribution in [-0.2, 0) is 4.74 Å². The van der Waals surface area contributed by atoms with Gasteiger partial charge in [0.1, 0.15) is 0 Å². The van der Waals surface area contributed by atoms with Crippen molar-refractivity contribution < 1.29 is 4.74 Å². The van der Waals surface area contributed by atoms with Crippen LogP contribution in [0.2, 0.25) is 0 Å². The fourth-order valence-electron chi connectivity index (χ4n) is 0.810. The molecular weight excluding hydrogens is 126 g/mol. The van der Waals surface area contributed by atoms with Gasteiger partial charge in [-0.25, -0.2) is 0 Å². The van der Waals surface area contributed by atoms with E-state index in [2.05, 4.69) is 6.92 Å². The van der Waals surface area contributed by atoms with Gasteiger partial charge in [0, 0.05) is 13.2 Å². The molecule has 0 saturated carbocycles. The highest BCUT2D eigenvalue weighted by Crippen LogP contribution is 2.15. The van der Waals surface area contributed by atoms with Crippen LogP contribution in [0, 0.1) is 0 Å². The molecule has 0 aromatic heterocycles. The Balaban J connectivity index is 3.78. The second-order valence-corrected chi connectivity index (χ2v) is 3.20. The van der Waals surface area contributed by atoms with Crippen molar-refractivity contribution in [2.45, 2.75) is 45.3 Å². The van der Waals surface area contributed by atoms with Crippen molar-refractivity contribution in [3.05, 3.63) is 0 Å². The van der Waals surface area contributed by atoms with Crippen LogP contribution in [-0.4, -0.2) is 18.8 Å². The second-order valence-electron chi connectivity index (χ2n) is 3.20. The number of hydrogen-bond donors (Lipinski definition) is 1. The van der Waals surface area contributed by atoms with Gasteiger partial charge in [-0.05, 0) is 20.3 Å². The van der Waals surface area contributed by atoms with Gasteiger partial charge in [0.05, 0.1) is 5.60 Å². The zero-order valence-corrected chi connectivity index (χ0v) is 7.48. The lowest BCUT2D eigenvalue weighted by Crippen LogP contribution is -2.44. The van der Waals surface area contributed by atoms with E-state index in [-0.39, 0.29) is 11.6 Å². The molecule has 0 amide bonds. The molecule has 0 heterocycles. The lowest BCUT2D eigenvalue weighted by molar-refractivity contribution is -0.00157. The van der Waals surface area contributed by atoms with E-state index in [1.807, 2.05) is 13.8 Å². The maximum atomic E-state index is 5.85. The van der Waals surface area contributed by atoms with E-state index >= 15 is 0 Å². The summed E-state index contributed by atoms with van der Waals surface area (Å²) in [5.74, 6) is 0. The van der Waals surface area contributed by atoms with Crippen LogP contribution < -0.4 is 5.73 Å². The standard InChI is InChI=1S/C8H19NO/c1-5-6-7(9)8(2,3)10-4/h7H,5-6,9H2,1-4H3/t7-/m1/s1. The molecule has 0 spiro atoms. The van der Waals surface area contributed by atoms with Crippen LogP contribution in [0.1, 0.15) is 33.6 Å². The minimum atomic E-state index is -0.171. The first-order valence-corrected chi connectivity index (χ1v) is 3.85. The van der Waals surface area contributed by atoms with Crippen molar-refractivity contribution in [3.8, 4) is 0 Å². The van der Waals surface area contributed by atoms with Crippen molar-refractivity contribution in [2.75, 3.05) is 7.11 Å². The second kappa shape index (κ2) is 3.94. The van der Waals surface area contributed by atoms with Crippen molar-refractivity contribution >= 4 is 0 Å². The van der Waals surface area contributed by atoms with Gasteiger partial charge in [0.25, 0.3) is 0 Å². The molecule has 0 aromatic carbocycles. The minimum absolute atomic E-state index is 0.155. The van der Waals surface area contributed by atoms with Gasteiger partial charge >= 0.3 is 0 Å². The number of nitrogens with two attached hydrogens (primary N) is 1. The maximum absolute atomic E-state index is 5.85. The molecule has 0 aliphatic heterocycles. The lowest BCUT2D eigenvalue weighted by atomic mass is 9.96. The predicted octanol–water partition coefficient (Wildman–Crippen LogP) is 1.54. The molecule has 0 unspecified atom stereocenters. The first-order valence-electron chi connectivity index (χ1n) is 3.85. The molecule has 0 radical (unpaired) electrons. The SMILES string of the molecule is CCC[C@@H](N)C(C)(C)OC. The van der Waals surface area contributed by atoms with Gasteiger partial charge in [0.2, 0.25) is 0 Å². The largest absolute Gasteiger partial charge is 0.377 e. The monoisotopic (exact) mass is 145 g/mol. The lowest BCUT2D eigenvalue weighted by Gasteiger charge is -2.29. The van der Waals surface area contributed by atoms with Gasteiger partial charge in [-0.1, -0.05) is 13.3 Å². The number of hydrogen-bond acceptors (Lipinski definition) is 2. The molecule has 0 bridgehead atoms. The first kappa shape index (κ1) is 9.92. The Kier molecular flexibility index (Phi) is 3.91. The summed E-state index contributed by atoms with van der Waals surface area (Å²) < 4.78 is 5.23. The Morgan fingerprint density at radius 2 is 2.00 bits per heavy atom. The third kappa shape index (κ3) is 2.67. The summed E-state index contributed by atoms with van der Waals surface area (Å²) in [6, 6.07) is 0.155. The molecular formula is C8H19NO. The molecule has 0 aliphatic rings. The average Bonchev–Trinajstić information content (AvgIpc) is 1.89. The van der Waals surface area contributed by atoms with Gasteiger partial charge < -0.3 is 10.5 Å². The summed E-state index contributed by atoms with van der Waals surface area (Å²) in [5, 5.41) is 0. The van der Waals surface area contributed by atoms with E-state index in [1.54, 1.807) is 7.11 Å². The molecule has 0 aliphatic carbocycles. The molecule has 62 valence electrons. The van der Waals surface area contributed by atoms with Crippen LogP contribution in [0.3, 0.4) is 0 Å². The van der Waals surface area contributed by atoms with Crippen LogP contribution in [0.25, 0.3) is 0 Å². The van der Waals surface area contributed by atoms with Crippen LogP contribution >= 0.6 is 0 Å². The summed E-state index contributed by atoms with van der Waals surface area (Å²) in [7, 11) is 1.70. The molecule has 0 aromatic rings. The molecule has 1 atom stereocenters. The Morgan fingerprint density at radius 1 is 1.50 bits per heavy atom. The number of ether oxygens (including phenoxy) is 1.